The molecule has 2 aliphatic rings. The van der Waals surface area contributed by atoms with Gasteiger partial charge in [0.1, 0.15) is 11.5 Å². The first-order valence-corrected chi connectivity index (χ1v) is 15.2. The smallest absolute Gasteiger partial charge is 0.315 e. The third-order valence-electron chi connectivity index (χ3n) is 9.76. The molecule has 220 valence electrons. The lowest BCUT2D eigenvalue weighted by Gasteiger charge is -2.30. The van der Waals surface area contributed by atoms with Crippen molar-refractivity contribution in [3.8, 4) is 11.5 Å². The second kappa shape index (κ2) is 11.3. The maximum absolute atomic E-state index is 12.9. The number of carbonyl (C=O) groups excluding carboxylic acids is 2. The average molecular weight is 557 g/mol. The van der Waals surface area contributed by atoms with Crippen LogP contribution in [0.25, 0.3) is 0 Å². The number of rotatable bonds is 8. The zero-order chi connectivity index (χ0) is 30.3. The molecule has 0 heterocycles. The van der Waals surface area contributed by atoms with E-state index in [1.807, 2.05) is 26.0 Å². The van der Waals surface area contributed by atoms with Gasteiger partial charge in [0.25, 0.3) is 0 Å². The first-order valence-electron chi connectivity index (χ1n) is 15.2. The third-order valence-corrected chi connectivity index (χ3v) is 9.76. The molecule has 41 heavy (non-hydrogen) atoms. The van der Waals surface area contributed by atoms with Crippen molar-refractivity contribution >= 4 is 11.9 Å². The van der Waals surface area contributed by atoms with Crippen molar-refractivity contribution in [1.29, 1.82) is 0 Å². The quantitative estimate of drug-likeness (QED) is 0.185. The van der Waals surface area contributed by atoms with Gasteiger partial charge in [-0.1, -0.05) is 76.0 Å². The van der Waals surface area contributed by atoms with Crippen molar-refractivity contribution in [1.82, 2.24) is 0 Å². The number of hydrogen-bond donors (Lipinski definition) is 0. The highest BCUT2D eigenvalue weighted by molar-refractivity contribution is 5.76. The van der Waals surface area contributed by atoms with Crippen molar-refractivity contribution in [2.24, 2.45) is 0 Å². The normalized spacial score (nSPS) is 18.8. The van der Waals surface area contributed by atoms with E-state index in [4.69, 9.17) is 9.47 Å². The lowest BCUT2D eigenvalue weighted by Crippen LogP contribution is -2.27. The highest BCUT2D eigenvalue weighted by Crippen LogP contribution is 2.63. The number of benzene rings is 2. The fourth-order valence-corrected chi connectivity index (χ4v) is 7.11. The second-order valence-electron chi connectivity index (χ2n) is 13.7. The molecule has 0 amide bonds. The predicted octanol–water partition coefficient (Wildman–Crippen LogP) is 9.42. The Morgan fingerprint density at radius 1 is 0.610 bits per heavy atom. The van der Waals surface area contributed by atoms with Crippen LogP contribution < -0.4 is 9.47 Å². The van der Waals surface area contributed by atoms with Gasteiger partial charge in [-0.25, -0.2) is 0 Å². The summed E-state index contributed by atoms with van der Waals surface area (Å²) in [5.74, 6) is 0.724. The molecule has 4 heteroatoms. The Hall–Kier alpha value is -3.14. The van der Waals surface area contributed by atoms with Gasteiger partial charge >= 0.3 is 11.9 Å². The molecule has 0 atom stereocenters. The summed E-state index contributed by atoms with van der Waals surface area (Å²) in [6.07, 6.45) is 4.33. The minimum absolute atomic E-state index is 0.0562. The summed E-state index contributed by atoms with van der Waals surface area (Å²) >= 11 is 0. The first kappa shape index (κ1) is 30.8. The van der Waals surface area contributed by atoms with Crippen molar-refractivity contribution in [3.05, 3.63) is 80.9 Å². The van der Waals surface area contributed by atoms with E-state index in [-0.39, 0.29) is 28.2 Å². The Morgan fingerprint density at radius 2 is 0.976 bits per heavy atom. The molecule has 4 nitrogen and oxygen atoms in total. The molecular weight excluding hydrogens is 508 g/mol. The van der Waals surface area contributed by atoms with Crippen LogP contribution in [-0.2, 0) is 25.8 Å². The molecule has 2 aliphatic carbocycles. The minimum atomic E-state index is -0.258. The lowest BCUT2D eigenvalue weighted by atomic mass is 9.72. The zero-order valence-corrected chi connectivity index (χ0v) is 26.8. The van der Waals surface area contributed by atoms with Crippen molar-refractivity contribution in [3.63, 3.8) is 0 Å². The maximum Gasteiger partial charge on any atom is 0.315 e. The van der Waals surface area contributed by atoms with Crippen LogP contribution in [0.4, 0.5) is 0 Å². The maximum atomic E-state index is 12.9. The number of ether oxygens (including phenoxy) is 2. The summed E-state index contributed by atoms with van der Waals surface area (Å²) in [6.45, 7) is 21.5. The largest absolute Gasteiger partial charge is 0.426 e. The van der Waals surface area contributed by atoms with Gasteiger partial charge in [0.2, 0.25) is 0 Å². The third kappa shape index (κ3) is 5.94. The summed E-state index contributed by atoms with van der Waals surface area (Å²) < 4.78 is 11.8. The summed E-state index contributed by atoms with van der Waals surface area (Å²) in [6, 6.07) is 12.4. The van der Waals surface area contributed by atoms with Gasteiger partial charge in [-0.05, 0) is 111 Å². The van der Waals surface area contributed by atoms with Gasteiger partial charge in [0.15, 0.2) is 0 Å². The van der Waals surface area contributed by atoms with Gasteiger partial charge < -0.3 is 9.47 Å². The van der Waals surface area contributed by atoms with Crippen LogP contribution in [0.2, 0.25) is 0 Å². The molecule has 0 radical (unpaired) electrons. The summed E-state index contributed by atoms with van der Waals surface area (Å²) in [5.41, 5.74) is 9.24. The fraction of sp³-hybridized carbons (Fsp3) is 0.514. The predicted molar refractivity (Wildman–Crippen MR) is 167 cm³/mol. The van der Waals surface area contributed by atoms with E-state index in [1.54, 1.807) is 0 Å². The molecule has 0 fully saturated rings. The zero-order valence-electron chi connectivity index (χ0n) is 26.8. The topological polar surface area (TPSA) is 52.6 Å². The molecule has 0 N–H and O–H groups in total. The van der Waals surface area contributed by atoms with Crippen molar-refractivity contribution < 1.29 is 19.1 Å². The molecule has 4 rings (SSSR count). The number of hydrogen-bond acceptors (Lipinski definition) is 4. The van der Waals surface area contributed by atoms with Crippen molar-refractivity contribution in [2.45, 2.75) is 124 Å². The SMILES string of the molecule is CC/C(C)=C(\C)CC(=O)Oc1ccc2c(c1)C1(CC2(C)C)CC(C)(C)c2ccc(OC(=O)C/C(C)=C(\C)CC)cc21. The highest BCUT2D eigenvalue weighted by atomic mass is 16.5. The van der Waals surface area contributed by atoms with E-state index in [0.29, 0.717) is 24.3 Å². The van der Waals surface area contributed by atoms with Crippen molar-refractivity contribution in [2.75, 3.05) is 0 Å². The Balaban J connectivity index is 1.72. The van der Waals surface area contributed by atoms with Crippen LogP contribution in [0.5, 0.6) is 11.5 Å². The Bertz CT molecular complexity index is 1320. The number of carbonyl (C=O) groups is 2. The Morgan fingerprint density at radius 3 is 1.32 bits per heavy atom. The molecule has 0 bridgehead atoms. The van der Waals surface area contributed by atoms with Crippen LogP contribution in [0.1, 0.15) is 130 Å². The lowest BCUT2D eigenvalue weighted by molar-refractivity contribution is -0.134. The van der Waals surface area contributed by atoms with Crippen LogP contribution in [0, 0.1) is 0 Å². The average Bonchev–Trinajstić information content (AvgIpc) is 3.26. The van der Waals surface area contributed by atoms with Crippen LogP contribution in [0.15, 0.2) is 58.7 Å². The summed E-state index contributed by atoms with van der Waals surface area (Å²) in [7, 11) is 0. The van der Waals surface area contributed by atoms with E-state index in [0.717, 1.165) is 36.8 Å². The molecule has 0 unspecified atom stereocenters. The number of fused-ring (bicyclic) bond motifs is 4. The summed E-state index contributed by atoms with van der Waals surface area (Å²) in [5, 5.41) is 0. The molecule has 0 saturated carbocycles. The monoisotopic (exact) mass is 556 g/mol. The van der Waals surface area contributed by atoms with Crippen LogP contribution in [-0.4, -0.2) is 11.9 Å². The Labute approximate surface area is 247 Å². The minimum Gasteiger partial charge on any atom is -0.426 e. The summed E-state index contributed by atoms with van der Waals surface area (Å²) in [4.78, 5) is 25.7. The molecule has 2 aromatic carbocycles. The van der Waals surface area contributed by atoms with E-state index >= 15 is 0 Å². The molecular formula is C37H48O4. The fourth-order valence-electron chi connectivity index (χ4n) is 7.11. The molecule has 2 aromatic rings. The van der Waals surface area contributed by atoms with Gasteiger partial charge in [-0.15, -0.1) is 0 Å². The highest BCUT2D eigenvalue weighted by Gasteiger charge is 2.56. The van der Waals surface area contributed by atoms with E-state index in [2.05, 4.69) is 79.7 Å². The van der Waals surface area contributed by atoms with E-state index in [1.165, 1.54) is 33.4 Å². The first-order chi connectivity index (χ1) is 19.1. The van der Waals surface area contributed by atoms with E-state index < -0.39 is 0 Å². The van der Waals surface area contributed by atoms with Crippen LogP contribution in [0.3, 0.4) is 0 Å². The number of esters is 2. The van der Waals surface area contributed by atoms with Gasteiger partial charge in [-0.2, -0.15) is 0 Å². The van der Waals surface area contributed by atoms with Gasteiger partial charge in [0.05, 0.1) is 12.8 Å². The van der Waals surface area contributed by atoms with Gasteiger partial charge in [-0.3, -0.25) is 9.59 Å². The van der Waals surface area contributed by atoms with E-state index in [9.17, 15) is 9.59 Å². The molecule has 1 spiro atoms. The second-order valence-corrected chi connectivity index (χ2v) is 13.7. The Kier molecular flexibility index (Phi) is 8.47. The molecule has 0 saturated heterocycles. The molecule has 0 aliphatic heterocycles. The standard InChI is InChI=1S/C37H48O4/c1-11-23(3)25(5)17-33(38)40-27-13-15-29-31(19-27)37(21-35(29,7)8)22-36(9,10)30-16-14-28(20-32(30)37)41-34(39)18-26(6)24(4)12-2/h13-16,19-20H,11-12,17-18,21-22H2,1-10H3/b25-23+,26-24+. The van der Waals surface area contributed by atoms with Crippen LogP contribution >= 0.6 is 0 Å². The van der Waals surface area contributed by atoms with Gasteiger partial charge in [0, 0.05) is 5.41 Å². The number of allylic oxidation sites excluding steroid dienone is 2. The molecule has 0 aromatic heterocycles.